The fraction of sp³-hybridized carbons (Fsp3) is 0.273. The second kappa shape index (κ2) is 7.56. The van der Waals surface area contributed by atoms with Gasteiger partial charge in [0.2, 0.25) is 0 Å². The average molecular weight is 367 g/mol. The Hall–Kier alpha value is -2.23. The summed E-state index contributed by atoms with van der Waals surface area (Å²) in [6.45, 7) is 2.98. The predicted octanol–water partition coefficient (Wildman–Crippen LogP) is 5.15. The minimum Gasteiger partial charge on any atom is -0.497 e. The second-order valence-corrected chi connectivity index (χ2v) is 7.19. The molecular formula is C22H23ClN2O. The van der Waals surface area contributed by atoms with Crippen LogP contribution in [0.3, 0.4) is 0 Å². The number of fused-ring (bicyclic) bond motifs is 1. The van der Waals surface area contributed by atoms with E-state index in [1.807, 2.05) is 24.3 Å². The third-order valence-electron chi connectivity index (χ3n) is 5.06. The summed E-state index contributed by atoms with van der Waals surface area (Å²) in [5.41, 5.74) is 3.88. The molecule has 1 atom stereocenters. The summed E-state index contributed by atoms with van der Waals surface area (Å²) >= 11 is 6.21. The lowest BCUT2D eigenvalue weighted by Crippen LogP contribution is -2.29. The van der Waals surface area contributed by atoms with Gasteiger partial charge < -0.3 is 9.30 Å². The third kappa shape index (κ3) is 3.50. The van der Waals surface area contributed by atoms with Crippen LogP contribution in [0, 0.1) is 0 Å². The fourth-order valence-corrected chi connectivity index (χ4v) is 4.06. The molecule has 4 heteroatoms. The van der Waals surface area contributed by atoms with E-state index in [9.17, 15) is 0 Å². The lowest BCUT2D eigenvalue weighted by molar-refractivity contribution is 0.220. The number of hydrogen-bond acceptors (Lipinski definition) is 2. The molecule has 0 bridgehead atoms. The first-order valence-electron chi connectivity index (χ1n) is 9.02. The Labute approximate surface area is 159 Å². The Morgan fingerprint density at radius 3 is 2.65 bits per heavy atom. The van der Waals surface area contributed by atoms with Crippen LogP contribution in [0.2, 0.25) is 5.02 Å². The van der Waals surface area contributed by atoms with Crippen LogP contribution in [0.1, 0.15) is 29.3 Å². The number of nitrogens with zero attached hydrogens (tertiary/aromatic N) is 2. The highest BCUT2D eigenvalue weighted by atomic mass is 35.5. The lowest BCUT2D eigenvalue weighted by Gasteiger charge is -2.31. The maximum Gasteiger partial charge on any atom is 0.118 e. The number of halogens is 1. The molecule has 2 heterocycles. The number of hydrogen-bond donors (Lipinski definition) is 0. The maximum atomic E-state index is 6.21. The van der Waals surface area contributed by atoms with Crippen molar-refractivity contribution in [3.8, 4) is 5.75 Å². The molecule has 0 aliphatic carbocycles. The van der Waals surface area contributed by atoms with Crippen LogP contribution >= 0.6 is 11.6 Å². The molecule has 3 nitrogen and oxygen atoms in total. The van der Waals surface area contributed by atoms with Crippen molar-refractivity contribution in [2.24, 2.45) is 0 Å². The molecule has 0 radical (unpaired) electrons. The Morgan fingerprint density at radius 2 is 1.88 bits per heavy atom. The SMILES string of the molecule is COc1ccc([C@@H]2c3cccn3CCCN2Cc2cccc(Cl)c2)cc1. The molecule has 0 saturated carbocycles. The molecule has 2 aromatic carbocycles. The molecule has 134 valence electrons. The molecule has 3 aromatic rings. The Bertz CT molecular complexity index is 872. The molecule has 4 rings (SSSR count). The number of aryl methyl sites for hydroxylation is 1. The zero-order valence-corrected chi connectivity index (χ0v) is 15.7. The number of benzene rings is 2. The average Bonchev–Trinajstić information content (AvgIpc) is 3.04. The molecule has 1 aliphatic rings. The van der Waals surface area contributed by atoms with E-state index in [2.05, 4.69) is 52.1 Å². The van der Waals surface area contributed by atoms with Gasteiger partial charge in [-0.1, -0.05) is 35.9 Å². The molecule has 1 aromatic heterocycles. The van der Waals surface area contributed by atoms with Crippen LogP contribution in [-0.4, -0.2) is 23.1 Å². The monoisotopic (exact) mass is 366 g/mol. The Kier molecular flexibility index (Phi) is 5.00. The summed E-state index contributed by atoms with van der Waals surface area (Å²) in [5, 5.41) is 0.793. The van der Waals surface area contributed by atoms with E-state index in [0.29, 0.717) is 0 Å². The van der Waals surface area contributed by atoms with Crippen LogP contribution in [0.5, 0.6) is 5.75 Å². The van der Waals surface area contributed by atoms with E-state index >= 15 is 0 Å². The van der Waals surface area contributed by atoms with Gasteiger partial charge in [-0.25, -0.2) is 0 Å². The van der Waals surface area contributed by atoms with E-state index in [4.69, 9.17) is 16.3 Å². The van der Waals surface area contributed by atoms with E-state index in [1.165, 1.54) is 16.8 Å². The van der Waals surface area contributed by atoms with Crippen molar-refractivity contribution < 1.29 is 4.74 Å². The van der Waals surface area contributed by atoms with Crippen molar-refractivity contribution >= 4 is 11.6 Å². The number of aromatic nitrogens is 1. The normalized spacial score (nSPS) is 17.5. The van der Waals surface area contributed by atoms with Gasteiger partial charge in [0, 0.05) is 36.5 Å². The van der Waals surface area contributed by atoms with Gasteiger partial charge in [0.25, 0.3) is 0 Å². The van der Waals surface area contributed by atoms with Gasteiger partial charge in [0.05, 0.1) is 13.2 Å². The molecule has 0 amide bonds. The number of methoxy groups -OCH3 is 1. The summed E-state index contributed by atoms with van der Waals surface area (Å²) in [7, 11) is 1.71. The van der Waals surface area contributed by atoms with Gasteiger partial charge in [0.1, 0.15) is 5.75 Å². The van der Waals surface area contributed by atoms with Gasteiger partial charge >= 0.3 is 0 Å². The lowest BCUT2D eigenvalue weighted by atomic mass is 10.0. The molecule has 0 N–H and O–H groups in total. The predicted molar refractivity (Wildman–Crippen MR) is 106 cm³/mol. The van der Waals surface area contributed by atoms with Crippen molar-refractivity contribution in [3.63, 3.8) is 0 Å². The van der Waals surface area contributed by atoms with Gasteiger partial charge in [-0.15, -0.1) is 0 Å². The first-order chi connectivity index (χ1) is 12.7. The van der Waals surface area contributed by atoms with Gasteiger partial charge in [-0.05, 0) is 53.9 Å². The minimum atomic E-state index is 0.220. The van der Waals surface area contributed by atoms with Crippen molar-refractivity contribution in [3.05, 3.63) is 88.7 Å². The van der Waals surface area contributed by atoms with E-state index < -0.39 is 0 Å². The van der Waals surface area contributed by atoms with Gasteiger partial charge in [-0.3, -0.25) is 4.90 Å². The fourth-order valence-electron chi connectivity index (χ4n) is 3.85. The topological polar surface area (TPSA) is 17.4 Å². The molecule has 1 aliphatic heterocycles. The van der Waals surface area contributed by atoms with Crippen molar-refractivity contribution in [2.75, 3.05) is 13.7 Å². The van der Waals surface area contributed by atoms with Crippen LogP contribution in [0.4, 0.5) is 0 Å². The van der Waals surface area contributed by atoms with Crippen molar-refractivity contribution in [1.82, 2.24) is 9.47 Å². The van der Waals surface area contributed by atoms with E-state index in [1.54, 1.807) is 7.11 Å². The molecular weight excluding hydrogens is 344 g/mol. The van der Waals surface area contributed by atoms with Crippen LogP contribution < -0.4 is 4.74 Å². The first kappa shape index (κ1) is 17.2. The molecule has 0 fully saturated rings. The summed E-state index contributed by atoms with van der Waals surface area (Å²) in [6, 6.07) is 21.2. The van der Waals surface area contributed by atoms with Crippen LogP contribution in [-0.2, 0) is 13.1 Å². The molecule has 0 saturated heterocycles. The minimum absolute atomic E-state index is 0.220. The highest BCUT2D eigenvalue weighted by molar-refractivity contribution is 6.30. The first-order valence-corrected chi connectivity index (χ1v) is 9.40. The van der Waals surface area contributed by atoms with Crippen molar-refractivity contribution in [2.45, 2.75) is 25.6 Å². The van der Waals surface area contributed by atoms with Crippen LogP contribution in [0.15, 0.2) is 66.9 Å². The highest BCUT2D eigenvalue weighted by Gasteiger charge is 2.27. The number of rotatable bonds is 4. The van der Waals surface area contributed by atoms with Gasteiger partial charge in [0.15, 0.2) is 0 Å². The third-order valence-corrected chi connectivity index (χ3v) is 5.30. The quantitative estimate of drug-likeness (QED) is 0.635. The second-order valence-electron chi connectivity index (χ2n) is 6.76. The standard InChI is InChI=1S/C22H23ClN2O/c1-26-20-10-8-18(9-11-20)22-21-7-3-12-24(21)13-4-14-25(22)16-17-5-2-6-19(23)15-17/h2-3,5-12,15,22H,4,13-14,16H2,1H3/t22-/m1/s1. The summed E-state index contributed by atoms with van der Waals surface area (Å²) < 4.78 is 7.72. The largest absolute Gasteiger partial charge is 0.497 e. The van der Waals surface area contributed by atoms with E-state index in [0.717, 1.165) is 36.8 Å². The Balaban J connectivity index is 1.72. The van der Waals surface area contributed by atoms with Crippen LogP contribution in [0.25, 0.3) is 0 Å². The molecule has 0 unspecified atom stereocenters. The summed E-state index contributed by atoms with van der Waals surface area (Å²) in [4.78, 5) is 2.55. The zero-order chi connectivity index (χ0) is 17.9. The van der Waals surface area contributed by atoms with Crippen molar-refractivity contribution in [1.29, 1.82) is 0 Å². The summed E-state index contributed by atoms with van der Waals surface area (Å²) in [6.07, 6.45) is 3.32. The van der Waals surface area contributed by atoms with E-state index in [-0.39, 0.29) is 6.04 Å². The summed E-state index contributed by atoms with van der Waals surface area (Å²) in [5.74, 6) is 0.888. The number of ether oxygens (including phenoxy) is 1. The van der Waals surface area contributed by atoms with Gasteiger partial charge in [-0.2, -0.15) is 0 Å². The smallest absolute Gasteiger partial charge is 0.118 e. The molecule has 26 heavy (non-hydrogen) atoms. The highest BCUT2D eigenvalue weighted by Crippen LogP contribution is 2.34. The maximum absolute atomic E-state index is 6.21. The zero-order valence-electron chi connectivity index (χ0n) is 14.9. The molecule has 0 spiro atoms. The Morgan fingerprint density at radius 1 is 1.04 bits per heavy atom.